The van der Waals surface area contributed by atoms with Crippen molar-refractivity contribution >= 4 is 27.0 Å². The highest BCUT2D eigenvalue weighted by molar-refractivity contribution is 7.89. The van der Waals surface area contributed by atoms with Gasteiger partial charge in [-0.05, 0) is 18.2 Å². The van der Waals surface area contributed by atoms with E-state index >= 15 is 0 Å². The molecule has 0 atom stereocenters. The van der Waals surface area contributed by atoms with Crippen LogP contribution in [0.2, 0.25) is 0 Å². The van der Waals surface area contributed by atoms with Crippen LogP contribution in [0.15, 0.2) is 23.1 Å². The Balaban J connectivity index is 2.21. The molecule has 1 aromatic carbocycles. The molecular formula is C21H31N5O4S. The van der Waals surface area contributed by atoms with Gasteiger partial charge in [0.25, 0.3) is 0 Å². The van der Waals surface area contributed by atoms with Crippen molar-refractivity contribution in [2.45, 2.75) is 38.0 Å². The molecule has 31 heavy (non-hydrogen) atoms. The Kier molecular flexibility index (Phi) is 8.98. The first-order chi connectivity index (χ1) is 14.8. The summed E-state index contributed by atoms with van der Waals surface area (Å²) in [7, 11) is -0.142. The molecule has 0 unspecified atom stereocenters. The smallest absolute Gasteiger partial charge is 0.243 e. The first-order valence-corrected chi connectivity index (χ1v) is 11.8. The van der Waals surface area contributed by atoms with Gasteiger partial charge in [0, 0.05) is 53.2 Å². The second-order valence-corrected chi connectivity index (χ2v) is 9.05. The molecule has 0 radical (unpaired) electrons. The normalized spacial score (nSPS) is 11.7. The summed E-state index contributed by atoms with van der Waals surface area (Å²) in [6.45, 7) is 5.63. The van der Waals surface area contributed by atoms with E-state index in [1.807, 2.05) is 25.5 Å². The van der Waals surface area contributed by atoms with Crippen molar-refractivity contribution in [2.24, 2.45) is 7.05 Å². The van der Waals surface area contributed by atoms with Gasteiger partial charge in [0.05, 0.1) is 35.0 Å². The molecule has 2 rings (SSSR count). The number of hydrogen-bond donors (Lipinski definition) is 0. The highest BCUT2D eigenvalue weighted by atomic mass is 32.2. The molecule has 0 aliphatic carbocycles. The molecule has 0 saturated carbocycles. The summed E-state index contributed by atoms with van der Waals surface area (Å²) >= 11 is 0. The summed E-state index contributed by atoms with van der Waals surface area (Å²) in [5, 5.41) is 8.81. The van der Waals surface area contributed by atoms with Gasteiger partial charge in [-0.2, -0.15) is 9.57 Å². The number of imidazole rings is 1. The van der Waals surface area contributed by atoms with E-state index in [0.717, 1.165) is 5.52 Å². The summed E-state index contributed by atoms with van der Waals surface area (Å²) in [5.41, 5.74) is 1.39. The molecular weight excluding hydrogens is 418 g/mol. The van der Waals surface area contributed by atoms with Crippen molar-refractivity contribution in [2.75, 3.05) is 39.9 Å². The van der Waals surface area contributed by atoms with Gasteiger partial charge in [-0.3, -0.25) is 4.79 Å². The molecule has 2 aromatic rings. The Morgan fingerprint density at radius 3 is 2.58 bits per heavy atom. The van der Waals surface area contributed by atoms with Gasteiger partial charge in [0.2, 0.25) is 15.9 Å². The number of rotatable bonds is 12. The summed E-state index contributed by atoms with van der Waals surface area (Å²) in [6.07, 6.45) is 0.931. The van der Waals surface area contributed by atoms with Gasteiger partial charge in [0.15, 0.2) is 0 Å². The van der Waals surface area contributed by atoms with Crippen molar-refractivity contribution < 1.29 is 17.9 Å². The largest absolute Gasteiger partial charge is 0.383 e. The third-order valence-electron chi connectivity index (χ3n) is 5.26. The highest BCUT2D eigenvalue weighted by Gasteiger charge is 2.23. The molecule has 0 N–H and O–H groups in total. The maximum absolute atomic E-state index is 12.8. The number of carbonyl (C=O) groups is 1. The third-order valence-corrected chi connectivity index (χ3v) is 7.31. The average molecular weight is 450 g/mol. The summed E-state index contributed by atoms with van der Waals surface area (Å²) < 4.78 is 33.9. The maximum Gasteiger partial charge on any atom is 0.243 e. The van der Waals surface area contributed by atoms with Gasteiger partial charge in [-0.15, -0.1) is 0 Å². The minimum Gasteiger partial charge on any atom is -0.383 e. The van der Waals surface area contributed by atoms with Gasteiger partial charge in [-0.25, -0.2) is 13.4 Å². The second-order valence-electron chi connectivity index (χ2n) is 7.11. The number of nitrogens with zero attached hydrogens (tertiary/aromatic N) is 5. The number of amides is 1. The molecule has 0 saturated heterocycles. The number of benzene rings is 1. The van der Waals surface area contributed by atoms with E-state index in [4.69, 9.17) is 10.00 Å². The second kappa shape index (κ2) is 11.2. The summed E-state index contributed by atoms with van der Waals surface area (Å²) in [6, 6.07) is 7.00. The van der Waals surface area contributed by atoms with Crippen LogP contribution in [0.1, 0.15) is 32.5 Å². The van der Waals surface area contributed by atoms with E-state index in [2.05, 4.69) is 11.1 Å². The fraction of sp³-hybridized carbons (Fsp3) is 0.571. The van der Waals surface area contributed by atoms with Crippen LogP contribution in [0.3, 0.4) is 0 Å². The van der Waals surface area contributed by atoms with Gasteiger partial charge in [-0.1, -0.05) is 13.8 Å². The van der Waals surface area contributed by atoms with E-state index in [1.165, 1.54) is 4.31 Å². The number of fused-ring (bicyclic) bond motifs is 1. The first-order valence-electron chi connectivity index (χ1n) is 10.4. The zero-order valence-electron chi connectivity index (χ0n) is 18.7. The summed E-state index contributed by atoms with van der Waals surface area (Å²) in [5.74, 6) is 0.636. The highest BCUT2D eigenvalue weighted by Crippen LogP contribution is 2.23. The van der Waals surface area contributed by atoms with Crippen LogP contribution in [-0.2, 0) is 33.0 Å². The Morgan fingerprint density at radius 1 is 1.26 bits per heavy atom. The predicted octanol–water partition coefficient (Wildman–Crippen LogP) is 1.93. The molecule has 0 fully saturated rings. The number of hydrogen-bond acceptors (Lipinski definition) is 6. The lowest BCUT2D eigenvalue weighted by Crippen LogP contribution is -2.35. The SMILES string of the molecule is CCN(CC)S(=O)(=O)c1ccc2c(c1)nc(CCC(=O)N(CCC#N)CCOC)n2C. The molecule has 10 heteroatoms. The van der Waals surface area contributed by atoms with Crippen LogP contribution < -0.4 is 0 Å². The number of aromatic nitrogens is 2. The molecule has 170 valence electrons. The van der Waals surface area contributed by atoms with Crippen LogP contribution >= 0.6 is 0 Å². The van der Waals surface area contributed by atoms with Crippen molar-refractivity contribution in [3.8, 4) is 6.07 Å². The van der Waals surface area contributed by atoms with Crippen molar-refractivity contribution in [1.29, 1.82) is 5.26 Å². The lowest BCUT2D eigenvalue weighted by atomic mass is 10.2. The molecule has 1 heterocycles. The Morgan fingerprint density at radius 2 is 1.97 bits per heavy atom. The van der Waals surface area contributed by atoms with Crippen molar-refractivity contribution in [3.05, 3.63) is 24.0 Å². The zero-order valence-corrected chi connectivity index (χ0v) is 19.5. The topological polar surface area (TPSA) is 109 Å². The molecule has 0 aliphatic rings. The predicted molar refractivity (Wildman–Crippen MR) is 118 cm³/mol. The quantitative estimate of drug-likeness (QED) is 0.490. The summed E-state index contributed by atoms with van der Waals surface area (Å²) in [4.78, 5) is 19.0. The minimum absolute atomic E-state index is 0.0656. The van der Waals surface area contributed by atoms with Crippen LogP contribution in [0, 0.1) is 11.3 Å². The maximum atomic E-state index is 12.8. The molecule has 0 spiro atoms. The fourth-order valence-electron chi connectivity index (χ4n) is 3.45. The van der Waals surface area contributed by atoms with Crippen LogP contribution in [0.5, 0.6) is 0 Å². The lowest BCUT2D eigenvalue weighted by molar-refractivity contribution is -0.131. The van der Waals surface area contributed by atoms with Crippen LogP contribution in [0.4, 0.5) is 0 Å². The molecule has 0 aliphatic heterocycles. The van der Waals surface area contributed by atoms with Gasteiger partial charge >= 0.3 is 0 Å². The van der Waals surface area contributed by atoms with E-state index in [-0.39, 0.29) is 23.6 Å². The van der Waals surface area contributed by atoms with E-state index in [9.17, 15) is 13.2 Å². The molecule has 1 aromatic heterocycles. The Labute approximate surface area is 184 Å². The number of sulfonamides is 1. The van der Waals surface area contributed by atoms with E-state index < -0.39 is 10.0 Å². The third kappa shape index (κ3) is 5.81. The average Bonchev–Trinajstić information content (AvgIpc) is 3.07. The molecule has 9 nitrogen and oxygen atoms in total. The van der Waals surface area contributed by atoms with Crippen molar-refractivity contribution in [3.63, 3.8) is 0 Å². The number of methoxy groups -OCH3 is 1. The van der Waals surface area contributed by atoms with Gasteiger partial charge in [0.1, 0.15) is 5.82 Å². The number of carbonyl (C=O) groups excluding carboxylic acids is 1. The van der Waals surface area contributed by atoms with Gasteiger partial charge < -0.3 is 14.2 Å². The first kappa shape index (κ1) is 24.8. The van der Waals surface area contributed by atoms with Crippen LogP contribution in [-0.4, -0.2) is 73.0 Å². The Bertz CT molecular complexity index is 1040. The van der Waals surface area contributed by atoms with Crippen molar-refractivity contribution in [1.82, 2.24) is 18.8 Å². The minimum atomic E-state index is -3.57. The van der Waals surface area contributed by atoms with E-state index in [0.29, 0.717) is 50.5 Å². The van der Waals surface area contributed by atoms with Crippen LogP contribution in [0.25, 0.3) is 11.0 Å². The fourth-order valence-corrected chi connectivity index (χ4v) is 4.93. The number of nitriles is 1. The molecule has 0 bridgehead atoms. The number of ether oxygens (including phenoxy) is 1. The lowest BCUT2D eigenvalue weighted by Gasteiger charge is -2.21. The standard InChI is InChI=1S/C21H31N5O4S/c1-5-26(6-2)31(28,29)17-8-9-19-18(16-17)23-20(24(19)3)10-11-21(27)25(13-7-12-22)14-15-30-4/h8-9,16H,5-7,10-11,13-15H2,1-4H3. The Hall–Kier alpha value is -2.48. The molecule has 1 amide bonds. The zero-order chi connectivity index (χ0) is 23.0. The monoisotopic (exact) mass is 449 g/mol. The number of aryl methyl sites for hydroxylation is 2. The van der Waals surface area contributed by atoms with E-state index in [1.54, 1.807) is 30.2 Å².